The van der Waals surface area contributed by atoms with Crippen LogP contribution in [0.25, 0.3) is 22.3 Å². The van der Waals surface area contributed by atoms with Crippen LogP contribution in [-0.2, 0) is 5.41 Å². The second kappa shape index (κ2) is 16.5. The van der Waals surface area contributed by atoms with Crippen LogP contribution in [0.3, 0.4) is 0 Å². The predicted molar refractivity (Wildman–Crippen MR) is 246 cm³/mol. The van der Waals surface area contributed by atoms with Crippen LogP contribution in [0.15, 0.2) is 206 Å². The van der Waals surface area contributed by atoms with E-state index in [0.717, 1.165) is 35.6 Å². The topological polar surface area (TPSA) is 6.48 Å². The minimum atomic E-state index is -0.112. The standard InChI is InChI=1S/C56H50N2/c1-42-22-26-44(27-23-42)46-30-34-52(35-31-46)57(50-16-6-3-7-17-50)54-20-12-14-48(40-54)56(38-10-5-11-39-56)49-15-13-21-55(41-49)58(51-18-8-4-9-19-51)53-36-32-47(33-37-53)45-28-24-43(2)25-29-45/h3-4,6-9,12-37,40-41H,5,10-11,38-39H2,1-2H3. The van der Waals surface area contributed by atoms with Crippen LogP contribution < -0.4 is 9.80 Å². The number of para-hydroxylation sites is 2. The number of nitrogens with zero attached hydrogens (tertiary/aromatic N) is 2. The van der Waals surface area contributed by atoms with Crippen LogP contribution >= 0.6 is 0 Å². The molecule has 0 amide bonds. The number of anilines is 6. The second-order valence-corrected chi connectivity index (χ2v) is 15.9. The molecule has 0 heterocycles. The monoisotopic (exact) mass is 750 g/mol. The van der Waals surface area contributed by atoms with Crippen LogP contribution in [0, 0.1) is 13.8 Å². The van der Waals surface area contributed by atoms with Gasteiger partial charge < -0.3 is 9.80 Å². The highest BCUT2D eigenvalue weighted by Gasteiger charge is 2.36. The van der Waals surface area contributed by atoms with E-state index >= 15 is 0 Å². The summed E-state index contributed by atoms with van der Waals surface area (Å²) in [7, 11) is 0. The van der Waals surface area contributed by atoms with Crippen molar-refractivity contribution in [3.63, 3.8) is 0 Å². The lowest BCUT2D eigenvalue weighted by Crippen LogP contribution is -2.31. The summed E-state index contributed by atoms with van der Waals surface area (Å²) in [6, 6.07) is 76.0. The summed E-state index contributed by atoms with van der Waals surface area (Å²) < 4.78 is 0. The molecule has 0 atom stereocenters. The van der Waals surface area contributed by atoms with Crippen molar-refractivity contribution in [1.82, 2.24) is 0 Å². The smallest absolute Gasteiger partial charge is 0.0464 e. The second-order valence-electron chi connectivity index (χ2n) is 15.9. The van der Waals surface area contributed by atoms with Gasteiger partial charge in [0.25, 0.3) is 0 Å². The van der Waals surface area contributed by atoms with Crippen LogP contribution in [0.2, 0.25) is 0 Å². The predicted octanol–water partition coefficient (Wildman–Crippen LogP) is 15.8. The summed E-state index contributed by atoms with van der Waals surface area (Å²) in [5, 5.41) is 0. The van der Waals surface area contributed by atoms with E-state index in [2.05, 4.69) is 230 Å². The van der Waals surface area contributed by atoms with Crippen molar-refractivity contribution >= 4 is 34.1 Å². The van der Waals surface area contributed by atoms with Crippen molar-refractivity contribution in [2.75, 3.05) is 9.80 Å². The molecule has 58 heavy (non-hydrogen) atoms. The van der Waals surface area contributed by atoms with E-state index in [9.17, 15) is 0 Å². The SMILES string of the molecule is Cc1ccc(-c2ccc(N(c3ccccc3)c3cccc(C4(c5cccc(N(c6ccccc6)c6ccc(-c7ccc(C)cc7)cc6)c5)CCCCC4)c3)cc2)cc1. The molecule has 1 aliphatic rings. The Morgan fingerprint density at radius 3 is 1.02 bits per heavy atom. The quantitative estimate of drug-likeness (QED) is 0.137. The van der Waals surface area contributed by atoms with Gasteiger partial charge >= 0.3 is 0 Å². The van der Waals surface area contributed by atoms with Crippen molar-refractivity contribution < 1.29 is 0 Å². The summed E-state index contributed by atoms with van der Waals surface area (Å²) in [4.78, 5) is 4.82. The van der Waals surface area contributed by atoms with Gasteiger partial charge in [-0.1, -0.05) is 164 Å². The Morgan fingerprint density at radius 2 is 0.638 bits per heavy atom. The van der Waals surface area contributed by atoms with Crippen molar-refractivity contribution in [1.29, 1.82) is 0 Å². The van der Waals surface area contributed by atoms with Crippen LogP contribution in [0.5, 0.6) is 0 Å². The Morgan fingerprint density at radius 1 is 0.310 bits per heavy atom. The Labute approximate surface area is 344 Å². The van der Waals surface area contributed by atoms with Gasteiger partial charge in [0.1, 0.15) is 0 Å². The van der Waals surface area contributed by atoms with Gasteiger partial charge in [0, 0.05) is 39.5 Å². The molecule has 8 aromatic carbocycles. The maximum atomic E-state index is 2.47. The summed E-state index contributed by atoms with van der Waals surface area (Å²) in [6.45, 7) is 4.28. The number of benzene rings is 8. The molecule has 1 saturated carbocycles. The molecule has 1 aliphatic carbocycles. The van der Waals surface area contributed by atoms with E-state index < -0.39 is 0 Å². The van der Waals surface area contributed by atoms with Gasteiger partial charge in [-0.15, -0.1) is 0 Å². The van der Waals surface area contributed by atoms with Gasteiger partial charge in [-0.2, -0.15) is 0 Å². The van der Waals surface area contributed by atoms with Crippen molar-refractivity contribution in [2.24, 2.45) is 0 Å². The minimum absolute atomic E-state index is 0.112. The Kier molecular flexibility index (Phi) is 10.5. The van der Waals surface area contributed by atoms with E-state index in [4.69, 9.17) is 0 Å². The lowest BCUT2D eigenvalue weighted by atomic mass is 9.65. The molecule has 0 bridgehead atoms. The van der Waals surface area contributed by atoms with E-state index in [0.29, 0.717) is 0 Å². The third-order valence-corrected chi connectivity index (χ3v) is 12.1. The third kappa shape index (κ3) is 7.59. The number of aryl methyl sites for hydroxylation is 2. The zero-order valence-electron chi connectivity index (χ0n) is 33.6. The largest absolute Gasteiger partial charge is 0.310 e. The molecular formula is C56H50N2. The normalized spacial score (nSPS) is 13.5. The molecule has 0 saturated heterocycles. The molecule has 0 radical (unpaired) electrons. The fraction of sp³-hybridized carbons (Fsp3) is 0.143. The zero-order chi connectivity index (χ0) is 39.3. The van der Waals surface area contributed by atoms with Crippen molar-refractivity contribution in [2.45, 2.75) is 51.4 Å². The molecule has 0 N–H and O–H groups in total. The molecule has 0 aliphatic heterocycles. The first kappa shape index (κ1) is 37.0. The van der Waals surface area contributed by atoms with E-state index in [1.165, 1.54) is 75.1 Å². The highest BCUT2D eigenvalue weighted by molar-refractivity contribution is 5.81. The van der Waals surface area contributed by atoms with Gasteiger partial charge in [-0.05, 0) is 133 Å². The van der Waals surface area contributed by atoms with Crippen LogP contribution in [0.1, 0.15) is 54.4 Å². The maximum absolute atomic E-state index is 2.47. The molecule has 1 fully saturated rings. The van der Waals surface area contributed by atoms with Crippen LogP contribution in [0.4, 0.5) is 34.1 Å². The lowest BCUT2D eigenvalue weighted by Gasteiger charge is -2.40. The molecular weight excluding hydrogens is 701 g/mol. The fourth-order valence-corrected chi connectivity index (χ4v) is 8.93. The van der Waals surface area contributed by atoms with E-state index in [1.807, 2.05) is 0 Å². The van der Waals surface area contributed by atoms with Crippen LogP contribution in [-0.4, -0.2) is 0 Å². The molecule has 2 heteroatoms. The lowest BCUT2D eigenvalue weighted by molar-refractivity contribution is 0.346. The Hall–Kier alpha value is -6.64. The van der Waals surface area contributed by atoms with Gasteiger partial charge in [0.05, 0.1) is 0 Å². The Bertz CT molecular complexity index is 2390. The molecule has 8 aromatic rings. The maximum Gasteiger partial charge on any atom is 0.0464 e. The Balaban J connectivity index is 1.11. The van der Waals surface area contributed by atoms with Crippen molar-refractivity contribution in [3.05, 3.63) is 229 Å². The van der Waals surface area contributed by atoms with Gasteiger partial charge in [-0.25, -0.2) is 0 Å². The number of hydrogen-bond acceptors (Lipinski definition) is 2. The summed E-state index contributed by atoms with van der Waals surface area (Å²) in [6.07, 6.45) is 5.93. The molecule has 9 rings (SSSR count). The summed E-state index contributed by atoms with van der Waals surface area (Å²) >= 11 is 0. The third-order valence-electron chi connectivity index (χ3n) is 12.1. The zero-order valence-corrected chi connectivity index (χ0v) is 33.6. The fourth-order valence-electron chi connectivity index (χ4n) is 8.93. The first-order valence-electron chi connectivity index (χ1n) is 20.8. The van der Waals surface area contributed by atoms with E-state index in [-0.39, 0.29) is 5.41 Å². The summed E-state index contributed by atoms with van der Waals surface area (Å²) in [5.41, 5.74) is 17.0. The van der Waals surface area contributed by atoms with Crippen molar-refractivity contribution in [3.8, 4) is 22.3 Å². The highest BCUT2D eigenvalue weighted by Crippen LogP contribution is 2.48. The first-order valence-corrected chi connectivity index (χ1v) is 20.8. The molecule has 0 aromatic heterocycles. The average Bonchev–Trinajstić information content (AvgIpc) is 3.29. The van der Waals surface area contributed by atoms with E-state index in [1.54, 1.807) is 0 Å². The minimum Gasteiger partial charge on any atom is -0.310 e. The molecule has 0 spiro atoms. The molecule has 284 valence electrons. The molecule has 2 nitrogen and oxygen atoms in total. The number of rotatable bonds is 10. The number of hydrogen-bond donors (Lipinski definition) is 0. The average molecular weight is 751 g/mol. The highest BCUT2D eigenvalue weighted by atomic mass is 15.1. The van der Waals surface area contributed by atoms with Gasteiger partial charge in [0.2, 0.25) is 0 Å². The van der Waals surface area contributed by atoms with Gasteiger partial charge in [-0.3, -0.25) is 0 Å². The molecule has 0 unspecified atom stereocenters. The first-order chi connectivity index (χ1) is 28.5. The van der Waals surface area contributed by atoms with Gasteiger partial charge in [0.15, 0.2) is 0 Å². The summed E-state index contributed by atoms with van der Waals surface area (Å²) in [5.74, 6) is 0.